The van der Waals surface area contributed by atoms with Gasteiger partial charge in [0.2, 0.25) is 20.0 Å². The van der Waals surface area contributed by atoms with E-state index >= 15 is 0 Å². The third-order valence-corrected chi connectivity index (χ3v) is 18.6. The zero-order valence-electron chi connectivity index (χ0n) is 41.5. The lowest BCUT2D eigenvalue weighted by Crippen LogP contribution is -2.35. The maximum Gasteiger partial charge on any atom is 0.323 e. The number of carbonyl (C=O) groups is 4. The number of rotatable bonds is 17. The van der Waals surface area contributed by atoms with E-state index in [1.807, 2.05) is 13.0 Å². The molecule has 0 bridgehead atoms. The summed E-state index contributed by atoms with van der Waals surface area (Å²) in [5.41, 5.74) is 5.82. The van der Waals surface area contributed by atoms with Crippen molar-refractivity contribution in [1.29, 1.82) is 0 Å². The largest absolute Gasteiger partial charge is 0.480 e. The van der Waals surface area contributed by atoms with Crippen molar-refractivity contribution in [2.75, 3.05) is 64.1 Å². The van der Waals surface area contributed by atoms with Gasteiger partial charge >= 0.3 is 5.97 Å². The van der Waals surface area contributed by atoms with Crippen LogP contribution < -0.4 is 0 Å². The van der Waals surface area contributed by atoms with E-state index in [1.54, 1.807) is 58.0 Å². The number of ether oxygens (including phenoxy) is 2. The number of Topliss-reactive ketones (excluding diaryl/α,β-unsaturated/α-hetero) is 1. The van der Waals surface area contributed by atoms with Gasteiger partial charge in [-0.2, -0.15) is 0 Å². The first kappa shape index (κ1) is 53.2. The zero-order valence-corrected chi connectivity index (χ0v) is 43.1. The number of carboxylic acids is 1. The van der Waals surface area contributed by atoms with Gasteiger partial charge in [0.15, 0.2) is 5.78 Å². The Hall–Kier alpha value is -4.62. The monoisotopic (exact) mass is 1010 g/mol. The lowest BCUT2D eigenvalue weighted by Gasteiger charge is -2.33. The number of hydrogen-bond donors (Lipinski definition) is 2. The van der Waals surface area contributed by atoms with Crippen molar-refractivity contribution in [1.82, 2.24) is 17.7 Å². The molecule has 8 rings (SSSR count). The van der Waals surface area contributed by atoms with E-state index in [1.165, 1.54) is 17.7 Å². The van der Waals surface area contributed by atoms with Gasteiger partial charge in [0.1, 0.15) is 6.54 Å². The number of aliphatic carboxylic acids is 1. The molecule has 0 spiro atoms. The molecule has 2 N–H and O–H groups in total. The average molecular weight is 1010 g/mol. The number of amides is 2. The fraction of sp³-hybridized carbons (Fsp3) is 0.615. The van der Waals surface area contributed by atoms with Crippen LogP contribution in [0.25, 0.3) is 21.8 Å². The molecule has 16 nitrogen and oxygen atoms in total. The number of nitrogens with zero attached hydrogens (tertiary/aromatic N) is 4. The Balaban J connectivity index is 0.000000208. The van der Waals surface area contributed by atoms with Crippen LogP contribution in [0.3, 0.4) is 0 Å². The maximum absolute atomic E-state index is 13.4. The fourth-order valence-electron chi connectivity index (χ4n) is 11.3. The number of benzene rings is 2. The van der Waals surface area contributed by atoms with Crippen molar-refractivity contribution in [3.63, 3.8) is 0 Å². The van der Waals surface area contributed by atoms with Gasteiger partial charge in [0.25, 0.3) is 11.8 Å². The molecular formula is C52H72N4O12S2. The summed E-state index contributed by atoms with van der Waals surface area (Å²) in [5, 5.41) is 20.2. The van der Waals surface area contributed by atoms with Gasteiger partial charge in [0.05, 0.1) is 35.2 Å². The molecule has 3 atom stereocenters. The van der Waals surface area contributed by atoms with E-state index in [0.29, 0.717) is 71.6 Å². The minimum Gasteiger partial charge on any atom is -0.480 e. The van der Waals surface area contributed by atoms with Crippen LogP contribution in [0.4, 0.5) is 0 Å². The molecule has 2 aromatic carbocycles. The topological polar surface area (TPSA) is 212 Å². The molecule has 70 heavy (non-hydrogen) atoms. The predicted molar refractivity (Wildman–Crippen MR) is 268 cm³/mol. The van der Waals surface area contributed by atoms with E-state index in [9.17, 15) is 41.1 Å². The minimum absolute atomic E-state index is 0.00445. The molecule has 384 valence electrons. The Kier molecular flexibility index (Phi) is 17.4. The molecular weight excluding hydrogens is 937 g/mol. The number of carbonyl (C=O) groups excluding carboxylic acids is 3. The predicted octanol–water partition coefficient (Wildman–Crippen LogP) is 6.48. The Morgan fingerprint density at radius 2 is 1.06 bits per heavy atom. The SMILES string of the molecule is CCN(CC(=O)CCC(C)O)C(=O)c1ccc2c(c1)c1c(n2S(=O)(=O)CC)CCC(C2CCOCC2)C1.CCN(CC(=O)O)C(=O)c1ccc2c(c1)c1c(n2S(=O)(=O)CC)CCC(C2CCOCC2)C1. The van der Waals surface area contributed by atoms with Crippen LogP contribution >= 0.6 is 0 Å². The second-order valence-corrected chi connectivity index (χ2v) is 23.7. The van der Waals surface area contributed by atoms with E-state index in [-0.39, 0.29) is 55.2 Å². The fourth-order valence-corrected chi connectivity index (χ4v) is 13.8. The molecule has 0 saturated carbocycles. The third-order valence-electron chi connectivity index (χ3n) is 15.2. The smallest absolute Gasteiger partial charge is 0.323 e. The highest BCUT2D eigenvalue weighted by molar-refractivity contribution is 7.90. The van der Waals surface area contributed by atoms with E-state index in [2.05, 4.69) is 0 Å². The van der Waals surface area contributed by atoms with Crippen molar-refractivity contribution in [2.24, 2.45) is 23.7 Å². The summed E-state index contributed by atoms with van der Waals surface area (Å²) in [6.07, 6.45) is 9.02. The van der Waals surface area contributed by atoms with Gasteiger partial charge < -0.3 is 29.5 Å². The number of ketones is 1. The van der Waals surface area contributed by atoms with Gasteiger partial charge in [-0.3, -0.25) is 19.2 Å². The number of aliphatic hydroxyl groups excluding tert-OH is 1. The van der Waals surface area contributed by atoms with Crippen LogP contribution in [-0.2, 0) is 64.8 Å². The number of carboxylic acid groups (broad SMARTS) is 1. The van der Waals surface area contributed by atoms with Crippen molar-refractivity contribution < 1.29 is 55.7 Å². The normalized spacial score (nSPS) is 19.5. The molecule has 2 amide bonds. The number of aliphatic hydroxyl groups is 1. The summed E-state index contributed by atoms with van der Waals surface area (Å²) in [5.74, 6) is 0.296. The summed E-state index contributed by atoms with van der Waals surface area (Å²) in [4.78, 5) is 52.8. The average Bonchev–Trinajstić information content (AvgIpc) is 3.89. The summed E-state index contributed by atoms with van der Waals surface area (Å²) in [7, 11) is -7.02. The first-order valence-corrected chi connectivity index (χ1v) is 28.6. The summed E-state index contributed by atoms with van der Waals surface area (Å²) < 4.78 is 66.5. The number of fused-ring (bicyclic) bond motifs is 6. The standard InChI is InChI=1S/C28H40N2O6S.C24H32N2O6S/c1-4-29(18-23(32)9-6-19(3)31)28(33)22-8-11-27-25(17-22)24-16-21(20-12-14-36-15-13-20)7-10-26(24)30(27)37(34,35)5-2;1-3-25(15-23(27)28)24(29)18-6-8-22-20(14-18)19-13-17(16-9-11-32-12-10-16)5-7-21(19)26(22)33(30,31)4-2/h8,11,17,19-21,31H,4-7,9-10,12-16,18H2,1-3H3;6,8,14,16-17H,3-5,7,9-13,15H2,1-2H3,(H,27,28). The molecule has 2 aromatic heterocycles. The van der Waals surface area contributed by atoms with Gasteiger partial charge in [0, 0.05) is 79.2 Å². The summed E-state index contributed by atoms with van der Waals surface area (Å²) in [6, 6.07) is 10.3. The van der Waals surface area contributed by atoms with Crippen molar-refractivity contribution in [2.45, 2.75) is 118 Å². The molecule has 2 aliphatic heterocycles. The molecule has 0 radical (unpaired) electrons. The molecule has 2 aliphatic carbocycles. The Morgan fingerprint density at radius 3 is 1.43 bits per heavy atom. The maximum atomic E-state index is 13.4. The number of likely N-dealkylation sites (N-methyl/N-ethyl adjacent to an activating group) is 2. The van der Waals surface area contributed by atoms with Crippen LogP contribution in [0.5, 0.6) is 0 Å². The van der Waals surface area contributed by atoms with Crippen molar-refractivity contribution in [3.8, 4) is 0 Å². The van der Waals surface area contributed by atoms with Gasteiger partial charge in [-0.15, -0.1) is 0 Å². The van der Waals surface area contributed by atoms with Crippen LogP contribution in [-0.4, -0.2) is 139 Å². The first-order chi connectivity index (χ1) is 33.4. The highest BCUT2D eigenvalue weighted by Crippen LogP contribution is 2.42. The number of hydrogen-bond acceptors (Lipinski definition) is 11. The third kappa shape index (κ3) is 11.5. The van der Waals surface area contributed by atoms with Crippen LogP contribution in [0.15, 0.2) is 36.4 Å². The molecule has 3 unspecified atom stereocenters. The lowest BCUT2D eigenvalue weighted by molar-refractivity contribution is -0.137. The molecule has 2 saturated heterocycles. The Bertz CT molecular complexity index is 2780. The quantitative estimate of drug-likeness (QED) is 0.116. The highest BCUT2D eigenvalue weighted by atomic mass is 32.2. The van der Waals surface area contributed by atoms with Crippen molar-refractivity contribution >= 4 is 65.4 Å². The second-order valence-electron chi connectivity index (χ2n) is 19.5. The zero-order chi connectivity index (χ0) is 50.5. The first-order valence-electron chi connectivity index (χ1n) is 25.4. The molecule has 4 heterocycles. The van der Waals surface area contributed by atoms with Crippen LogP contribution in [0.2, 0.25) is 0 Å². The van der Waals surface area contributed by atoms with Gasteiger partial charge in [-0.1, -0.05) is 0 Å². The molecule has 18 heteroatoms. The van der Waals surface area contributed by atoms with Crippen LogP contribution in [0, 0.1) is 23.7 Å². The Labute approximate surface area is 412 Å². The summed E-state index contributed by atoms with van der Waals surface area (Å²) in [6.45, 7) is 11.9. The van der Waals surface area contributed by atoms with Crippen LogP contribution in [0.1, 0.15) is 129 Å². The Morgan fingerprint density at radius 1 is 0.643 bits per heavy atom. The lowest BCUT2D eigenvalue weighted by atomic mass is 9.75. The second kappa shape index (κ2) is 22.9. The molecule has 4 aliphatic rings. The highest BCUT2D eigenvalue weighted by Gasteiger charge is 2.36. The number of aromatic nitrogens is 2. The van der Waals surface area contributed by atoms with E-state index in [4.69, 9.17) is 14.6 Å². The van der Waals surface area contributed by atoms with Gasteiger partial charge in [-0.05, 0) is 176 Å². The molecule has 4 aromatic rings. The van der Waals surface area contributed by atoms with E-state index in [0.717, 1.165) is 111 Å². The minimum atomic E-state index is -3.51. The van der Waals surface area contributed by atoms with Gasteiger partial charge in [-0.25, -0.2) is 24.8 Å². The van der Waals surface area contributed by atoms with E-state index < -0.39 is 32.1 Å². The van der Waals surface area contributed by atoms with Crippen molar-refractivity contribution in [3.05, 3.63) is 70.0 Å². The summed E-state index contributed by atoms with van der Waals surface area (Å²) >= 11 is 0. The molecule has 2 fully saturated rings.